The Labute approximate surface area is 154 Å². The summed E-state index contributed by atoms with van der Waals surface area (Å²) in [6.07, 6.45) is 0.456. The number of carbonyl (C=O) groups excluding carboxylic acids is 1. The van der Waals surface area contributed by atoms with E-state index in [1.807, 2.05) is 18.2 Å². The van der Waals surface area contributed by atoms with Gasteiger partial charge < -0.3 is 19.2 Å². The molecule has 0 unspecified atom stereocenters. The Morgan fingerprint density at radius 3 is 2.85 bits per heavy atom. The molecule has 27 heavy (non-hydrogen) atoms. The van der Waals surface area contributed by atoms with Gasteiger partial charge in [-0.1, -0.05) is 18.2 Å². The zero-order valence-electron chi connectivity index (χ0n) is 14.3. The van der Waals surface area contributed by atoms with Crippen molar-refractivity contribution >= 4 is 5.91 Å². The van der Waals surface area contributed by atoms with Crippen molar-refractivity contribution in [1.29, 1.82) is 0 Å². The fourth-order valence-corrected chi connectivity index (χ4v) is 2.66. The Bertz CT molecular complexity index is 973. The van der Waals surface area contributed by atoms with Crippen LogP contribution in [0.1, 0.15) is 17.9 Å². The summed E-state index contributed by atoms with van der Waals surface area (Å²) in [6.45, 7) is 0.587. The Balaban J connectivity index is 1.29. The molecule has 8 heteroatoms. The second-order valence-corrected chi connectivity index (χ2v) is 5.95. The lowest BCUT2D eigenvalue weighted by Crippen LogP contribution is -2.23. The predicted octanol–water partition coefficient (Wildman–Crippen LogP) is 2.85. The molecule has 0 aliphatic carbocycles. The Kier molecular flexibility index (Phi) is 4.69. The Morgan fingerprint density at radius 2 is 1.96 bits per heavy atom. The van der Waals surface area contributed by atoms with E-state index in [1.54, 1.807) is 18.2 Å². The first-order valence-corrected chi connectivity index (χ1v) is 8.41. The van der Waals surface area contributed by atoms with Crippen LogP contribution in [-0.4, -0.2) is 22.9 Å². The van der Waals surface area contributed by atoms with E-state index < -0.39 is 5.82 Å². The number of aryl methyl sites for hydroxylation is 1. The molecule has 0 atom stereocenters. The minimum absolute atomic E-state index is 0.101. The number of halogens is 1. The van der Waals surface area contributed by atoms with E-state index in [9.17, 15) is 9.18 Å². The van der Waals surface area contributed by atoms with Gasteiger partial charge in [0.15, 0.2) is 11.5 Å². The topological polar surface area (TPSA) is 86.5 Å². The van der Waals surface area contributed by atoms with E-state index in [4.69, 9.17) is 13.9 Å². The number of amides is 1. The molecule has 0 saturated carbocycles. The third-order valence-corrected chi connectivity index (χ3v) is 4.06. The summed E-state index contributed by atoms with van der Waals surface area (Å²) >= 11 is 0. The minimum atomic E-state index is -0.436. The second kappa shape index (κ2) is 7.45. The van der Waals surface area contributed by atoms with Gasteiger partial charge in [0.1, 0.15) is 5.82 Å². The molecule has 138 valence electrons. The average molecular weight is 369 g/mol. The van der Waals surface area contributed by atoms with Crippen molar-refractivity contribution in [3.05, 3.63) is 59.7 Å². The van der Waals surface area contributed by atoms with Crippen LogP contribution in [-0.2, 0) is 17.8 Å². The molecule has 0 saturated heterocycles. The van der Waals surface area contributed by atoms with Gasteiger partial charge in [0.25, 0.3) is 5.89 Å². The van der Waals surface area contributed by atoms with Crippen molar-refractivity contribution in [2.24, 2.45) is 0 Å². The van der Waals surface area contributed by atoms with Gasteiger partial charge in [0.2, 0.25) is 18.6 Å². The van der Waals surface area contributed by atoms with Crippen LogP contribution in [0.5, 0.6) is 11.5 Å². The fraction of sp³-hybridized carbons (Fsp3) is 0.211. The maximum absolute atomic E-state index is 13.7. The van der Waals surface area contributed by atoms with E-state index >= 15 is 0 Å². The minimum Gasteiger partial charge on any atom is -0.454 e. The molecule has 4 rings (SSSR count). The Morgan fingerprint density at radius 1 is 1.11 bits per heavy atom. The van der Waals surface area contributed by atoms with Crippen molar-refractivity contribution in [3.63, 3.8) is 0 Å². The monoisotopic (exact) mass is 369 g/mol. The SMILES string of the molecule is O=C(CCc1nnc(-c2ccccc2F)o1)NCc1ccc2c(c1)OCO2. The van der Waals surface area contributed by atoms with Crippen molar-refractivity contribution in [2.75, 3.05) is 6.79 Å². The molecule has 7 nitrogen and oxygen atoms in total. The third kappa shape index (κ3) is 3.89. The van der Waals surface area contributed by atoms with Crippen LogP contribution in [0.3, 0.4) is 0 Å². The normalized spacial score (nSPS) is 12.2. The van der Waals surface area contributed by atoms with Gasteiger partial charge in [0.05, 0.1) is 5.56 Å². The lowest BCUT2D eigenvalue weighted by molar-refractivity contribution is -0.121. The molecule has 1 amide bonds. The molecule has 0 fully saturated rings. The van der Waals surface area contributed by atoms with E-state index in [1.165, 1.54) is 6.07 Å². The van der Waals surface area contributed by atoms with Crippen LogP contribution in [0.2, 0.25) is 0 Å². The zero-order chi connectivity index (χ0) is 18.6. The van der Waals surface area contributed by atoms with Gasteiger partial charge in [-0.25, -0.2) is 4.39 Å². The smallest absolute Gasteiger partial charge is 0.250 e. The molecule has 3 aromatic rings. The van der Waals surface area contributed by atoms with E-state index in [0.717, 1.165) is 5.56 Å². The number of ether oxygens (including phenoxy) is 2. The summed E-state index contributed by atoms with van der Waals surface area (Å²) in [6, 6.07) is 11.7. The van der Waals surface area contributed by atoms with Crippen molar-refractivity contribution in [3.8, 4) is 23.0 Å². The second-order valence-electron chi connectivity index (χ2n) is 5.95. The summed E-state index contributed by atoms with van der Waals surface area (Å²) in [5.41, 5.74) is 1.15. The maximum atomic E-state index is 13.7. The van der Waals surface area contributed by atoms with Gasteiger partial charge in [-0.15, -0.1) is 10.2 Å². The van der Waals surface area contributed by atoms with Gasteiger partial charge in [-0.05, 0) is 29.8 Å². The third-order valence-electron chi connectivity index (χ3n) is 4.06. The number of fused-ring (bicyclic) bond motifs is 1. The fourth-order valence-electron chi connectivity index (χ4n) is 2.66. The van der Waals surface area contributed by atoms with Crippen molar-refractivity contribution in [2.45, 2.75) is 19.4 Å². The highest BCUT2D eigenvalue weighted by molar-refractivity contribution is 5.76. The number of nitrogens with one attached hydrogen (secondary N) is 1. The first-order chi connectivity index (χ1) is 13.2. The Hall–Kier alpha value is -3.42. The number of hydrogen-bond donors (Lipinski definition) is 1. The first kappa shape index (κ1) is 17.0. The summed E-state index contributed by atoms with van der Waals surface area (Å²) in [5.74, 6) is 1.17. The van der Waals surface area contributed by atoms with Crippen LogP contribution in [0.15, 0.2) is 46.9 Å². The maximum Gasteiger partial charge on any atom is 0.250 e. The van der Waals surface area contributed by atoms with Gasteiger partial charge in [-0.2, -0.15) is 0 Å². The summed E-state index contributed by atoms with van der Waals surface area (Å²) in [5, 5.41) is 10.5. The average Bonchev–Trinajstić information content (AvgIpc) is 3.34. The molecule has 1 aromatic heterocycles. The van der Waals surface area contributed by atoms with Crippen molar-refractivity contribution in [1.82, 2.24) is 15.5 Å². The molecular formula is C19H16FN3O4. The standard InChI is InChI=1S/C19H16FN3O4/c20-14-4-2-1-3-13(14)19-23-22-18(27-19)8-7-17(24)21-10-12-5-6-15-16(9-12)26-11-25-15/h1-6,9H,7-8,10-11H2,(H,21,24). The van der Waals surface area contributed by atoms with E-state index in [-0.39, 0.29) is 42.9 Å². The zero-order valence-corrected chi connectivity index (χ0v) is 14.3. The highest BCUT2D eigenvalue weighted by Crippen LogP contribution is 2.32. The molecule has 0 radical (unpaired) electrons. The van der Waals surface area contributed by atoms with Crippen LogP contribution in [0.4, 0.5) is 4.39 Å². The summed E-state index contributed by atoms with van der Waals surface area (Å²) in [7, 11) is 0. The summed E-state index contributed by atoms with van der Waals surface area (Å²) < 4.78 is 29.7. The molecule has 0 spiro atoms. The van der Waals surface area contributed by atoms with Gasteiger partial charge in [0, 0.05) is 19.4 Å². The number of hydrogen-bond acceptors (Lipinski definition) is 6. The van der Waals surface area contributed by atoms with E-state index in [2.05, 4.69) is 15.5 Å². The summed E-state index contributed by atoms with van der Waals surface area (Å²) in [4.78, 5) is 12.0. The lowest BCUT2D eigenvalue weighted by atomic mass is 10.2. The van der Waals surface area contributed by atoms with Gasteiger partial charge in [-0.3, -0.25) is 4.79 Å². The van der Waals surface area contributed by atoms with Crippen LogP contribution in [0.25, 0.3) is 11.5 Å². The first-order valence-electron chi connectivity index (χ1n) is 8.41. The molecule has 0 bridgehead atoms. The molecular weight excluding hydrogens is 353 g/mol. The quantitative estimate of drug-likeness (QED) is 0.719. The van der Waals surface area contributed by atoms with E-state index in [0.29, 0.717) is 18.0 Å². The number of rotatable bonds is 6. The van der Waals surface area contributed by atoms with Crippen LogP contribution in [0, 0.1) is 5.82 Å². The molecule has 2 heterocycles. The largest absolute Gasteiger partial charge is 0.454 e. The predicted molar refractivity (Wildman–Crippen MR) is 92.4 cm³/mol. The highest BCUT2D eigenvalue weighted by Gasteiger charge is 2.15. The van der Waals surface area contributed by atoms with Crippen LogP contribution < -0.4 is 14.8 Å². The highest BCUT2D eigenvalue weighted by atomic mass is 19.1. The van der Waals surface area contributed by atoms with Crippen molar-refractivity contribution < 1.29 is 23.1 Å². The number of carbonyl (C=O) groups is 1. The number of benzene rings is 2. The lowest BCUT2D eigenvalue weighted by Gasteiger charge is -2.05. The number of nitrogens with zero attached hydrogens (tertiary/aromatic N) is 2. The molecule has 1 aliphatic heterocycles. The van der Waals surface area contributed by atoms with Gasteiger partial charge >= 0.3 is 0 Å². The molecule has 1 N–H and O–H groups in total. The molecule has 2 aromatic carbocycles. The molecule has 1 aliphatic rings. The van der Waals surface area contributed by atoms with Crippen LogP contribution >= 0.6 is 0 Å². The number of aromatic nitrogens is 2.